The molecule has 0 radical (unpaired) electrons. The maximum atomic E-state index is 13.4. The lowest BCUT2D eigenvalue weighted by Gasteiger charge is -2.62. The summed E-state index contributed by atoms with van der Waals surface area (Å²) >= 11 is 0. The number of amides is 1. The Morgan fingerprint density at radius 2 is 1.62 bits per heavy atom. The van der Waals surface area contributed by atoms with Crippen LogP contribution in [0.5, 0.6) is 5.75 Å². The summed E-state index contributed by atoms with van der Waals surface area (Å²) in [5.41, 5.74) is 0.910. The van der Waals surface area contributed by atoms with Crippen LogP contribution in [-0.4, -0.2) is 29.9 Å². The van der Waals surface area contributed by atoms with E-state index in [9.17, 15) is 9.59 Å². The predicted molar refractivity (Wildman–Crippen MR) is 157 cm³/mol. The number of ether oxygens (including phenoxy) is 1. The van der Waals surface area contributed by atoms with Crippen molar-refractivity contribution in [1.29, 1.82) is 0 Å². The molecule has 4 fully saturated rings. The lowest BCUT2D eigenvalue weighted by molar-refractivity contribution is -0.166. The number of unbranched alkanes of at least 4 members (excludes halogenated alkanes) is 6. The Kier molecular flexibility index (Phi) is 9.08. The zero-order valence-electron chi connectivity index (χ0n) is 25.0. The van der Waals surface area contributed by atoms with E-state index in [1.165, 1.54) is 77.0 Å². The van der Waals surface area contributed by atoms with Gasteiger partial charge in [-0.1, -0.05) is 77.0 Å². The number of nitrogens with zero attached hydrogens (tertiary/aromatic N) is 1. The fourth-order valence-electron chi connectivity index (χ4n) is 9.85. The molecule has 3 aliphatic carbocycles. The Labute approximate surface area is 237 Å². The van der Waals surface area contributed by atoms with Gasteiger partial charge in [-0.25, -0.2) is 0 Å². The average molecular weight is 536 g/mol. The second-order valence-corrected chi connectivity index (χ2v) is 14.2. The van der Waals surface area contributed by atoms with Crippen molar-refractivity contribution < 1.29 is 14.3 Å². The molecule has 0 spiro atoms. The Hall–Kier alpha value is -1.84. The van der Waals surface area contributed by atoms with Crippen LogP contribution in [0.1, 0.15) is 123 Å². The van der Waals surface area contributed by atoms with E-state index >= 15 is 0 Å². The molecule has 4 nitrogen and oxygen atoms in total. The third-order valence-corrected chi connectivity index (χ3v) is 11.9. The van der Waals surface area contributed by atoms with Crippen LogP contribution in [0.2, 0.25) is 0 Å². The van der Waals surface area contributed by atoms with Crippen molar-refractivity contribution in [3.63, 3.8) is 0 Å². The molecule has 5 rings (SSSR count). The molecule has 0 N–H and O–H groups in total. The van der Waals surface area contributed by atoms with Gasteiger partial charge in [-0.15, -0.1) is 0 Å². The van der Waals surface area contributed by atoms with Crippen LogP contribution >= 0.6 is 0 Å². The number of rotatable bonds is 11. The Bertz CT molecular complexity index is 977. The molecule has 0 bridgehead atoms. The lowest BCUT2D eigenvalue weighted by Crippen LogP contribution is -2.63. The third kappa shape index (κ3) is 6.10. The third-order valence-electron chi connectivity index (χ3n) is 11.9. The SMILES string of the molecule is CN1C(=O)C(CCCCCCCCCC(=O)Oc2ccccc2)C[C@@]2(C)C1CC[C@@H]1[C@H]2CC[C@]2(C)CCC[C@@H]12. The maximum absolute atomic E-state index is 13.4. The minimum atomic E-state index is -0.131. The smallest absolute Gasteiger partial charge is 0.311 e. The number of fused-ring (bicyclic) bond motifs is 5. The number of carbonyl (C=O) groups is 2. The van der Waals surface area contributed by atoms with Gasteiger partial charge >= 0.3 is 5.97 Å². The van der Waals surface area contributed by atoms with Crippen molar-refractivity contribution in [3.8, 4) is 5.75 Å². The van der Waals surface area contributed by atoms with E-state index in [0.717, 1.165) is 43.4 Å². The summed E-state index contributed by atoms with van der Waals surface area (Å²) in [5, 5.41) is 0. The minimum absolute atomic E-state index is 0.131. The van der Waals surface area contributed by atoms with Gasteiger partial charge < -0.3 is 9.64 Å². The van der Waals surface area contributed by atoms with Crippen LogP contribution < -0.4 is 4.74 Å². The minimum Gasteiger partial charge on any atom is -0.427 e. The molecule has 216 valence electrons. The van der Waals surface area contributed by atoms with Crippen molar-refractivity contribution in [2.45, 2.75) is 129 Å². The van der Waals surface area contributed by atoms with Gasteiger partial charge in [0, 0.05) is 25.4 Å². The quantitative estimate of drug-likeness (QED) is 0.162. The van der Waals surface area contributed by atoms with Crippen molar-refractivity contribution in [1.82, 2.24) is 4.90 Å². The van der Waals surface area contributed by atoms with E-state index in [-0.39, 0.29) is 11.9 Å². The molecular weight excluding hydrogens is 482 g/mol. The zero-order chi connectivity index (χ0) is 27.5. The van der Waals surface area contributed by atoms with Crippen LogP contribution in [0.15, 0.2) is 30.3 Å². The van der Waals surface area contributed by atoms with Gasteiger partial charge in [-0.05, 0) is 98.5 Å². The molecule has 1 amide bonds. The standard InChI is InChI=1S/C35H53NO3/c1-34-23-14-18-29(34)28-20-21-31-35(2,30(28)22-24-34)25-26(33(38)36(31)3)15-10-7-5-4-6-8-13-19-32(37)39-27-16-11-9-12-17-27/h9,11-12,16-17,26,28-31H,4-8,10,13-15,18-25H2,1-3H3/t26?,28-,29-,30+,31?,34-,35+/m0/s1. The average Bonchev–Trinajstić information content (AvgIpc) is 3.33. The van der Waals surface area contributed by atoms with Crippen LogP contribution in [0.4, 0.5) is 0 Å². The molecule has 4 aliphatic rings. The summed E-state index contributed by atoms with van der Waals surface area (Å²) in [6.45, 7) is 5.17. The Morgan fingerprint density at radius 1 is 0.897 bits per heavy atom. The topological polar surface area (TPSA) is 46.6 Å². The molecule has 1 heterocycles. The number of carbonyl (C=O) groups excluding carboxylic acids is 2. The molecule has 1 saturated heterocycles. The summed E-state index contributed by atoms with van der Waals surface area (Å²) in [5.74, 6) is 3.81. The molecular formula is C35H53NO3. The van der Waals surface area contributed by atoms with Crippen molar-refractivity contribution in [2.24, 2.45) is 34.5 Å². The Balaban J connectivity index is 1.02. The van der Waals surface area contributed by atoms with Gasteiger partial charge in [-0.3, -0.25) is 9.59 Å². The van der Waals surface area contributed by atoms with Crippen LogP contribution in [0, 0.1) is 34.5 Å². The number of esters is 1. The van der Waals surface area contributed by atoms with Gasteiger partial charge in [0.1, 0.15) is 5.75 Å². The van der Waals surface area contributed by atoms with Gasteiger partial charge in [0.05, 0.1) is 0 Å². The summed E-state index contributed by atoms with van der Waals surface area (Å²) in [6.07, 6.45) is 20.4. The van der Waals surface area contributed by atoms with Gasteiger partial charge in [0.15, 0.2) is 0 Å². The number of para-hydroxylation sites is 1. The van der Waals surface area contributed by atoms with Crippen LogP contribution in [-0.2, 0) is 9.59 Å². The summed E-state index contributed by atoms with van der Waals surface area (Å²) in [6, 6.07) is 9.79. The Morgan fingerprint density at radius 3 is 2.38 bits per heavy atom. The lowest BCUT2D eigenvalue weighted by atomic mass is 9.47. The van der Waals surface area contributed by atoms with E-state index in [0.29, 0.717) is 34.9 Å². The molecule has 2 unspecified atom stereocenters. The number of piperidine rings is 1. The molecule has 3 saturated carbocycles. The highest BCUT2D eigenvalue weighted by Gasteiger charge is 2.60. The summed E-state index contributed by atoms with van der Waals surface area (Å²) in [7, 11) is 2.12. The first-order valence-corrected chi connectivity index (χ1v) is 16.3. The fraction of sp³-hybridized carbons (Fsp3) is 0.771. The van der Waals surface area contributed by atoms with Crippen LogP contribution in [0.3, 0.4) is 0 Å². The predicted octanol–water partition coefficient (Wildman–Crippen LogP) is 8.58. The highest BCUT2D eigenvalue weighted by Crippen LogP contribution is 2.65. The normalized spacial score (nSPS) is 35.7. The molecule has 39 heavy (non-hydrogen) atoms. The highest BCUT2D eigenvalue weighted by atomic mass is 16.5. The first-order valence-electron chi connectivity index (χ1n) is 16.3. The fourth-order valence-corrected chi connectivity index (χ4v) is 9.85. The van der Waals surface area contributed by atoms with Crippen molar-refractivity contribution in [3.05, 3.63) is 30.3 Å². The molecule has 4 heteroatoms. The van der Waals surface area contributed by atoms with Gasteiger partial charge in [0.25, 0.3) is 0 Å². The second-order valence-electron chi connectivity index (χ2n) is 14.2. The summed E-state index contributed by atoms with van der Waals surface area (Å²) in [4.78, 5) is 27.6. The van der Waals surface area contributed by atoms with Gasteiger partial charge in [0.2, 0.25) is 5.91 Å². The van der Waals surface area contributed by atoms with E-state index in [1.54, 1.807) is 0 Å². The number of hydrogen-bond donors (Lipinski definition) is 0. The van der Waals surface area contributed by atoms with Crippen molar-refractivity contribution in [2.75, 3.05) is 7.05 Å². The van der Waals surface area contributed by atoms with E-state index in [4.69, 9.17) is 4.74 Å². The molecule has 0 aromatic heterocycles. The first kappa shape index (κ1) is 28.7. The molecule has 1 aliphatic heterocycles. The summed E-state index contributed by atoms with van der Waals surface area (Å²) < 4.78 is 5.37. The zero-order valence-corrected chi connectivity index (χ0v) is 25.0. The molecule has 1 aromatic carbocycles. The van der Waals surface area contributed by atoms with E-state index in [1.807, 2.05) is 30.3 Å². The molecule has 1 aromatic rings. The molecule has 7 atom stereocenters. The van der Waals surface area contributed by atoms with Crippen LogP contribution in [0.25, 0.3) is 0 Å². The van der Waals surface area contributed by atoms with E-state index in [2.05, 4.69) is 25.8 Å². The maximum Gasteiger partial charge on any atom is 0.311 e. The number of likely N-dealkylation sites (tertiary alicyclic amines) is 1. The second kappa shape index (κ2) is 12.4. The number of hydrogen-bond acceptors (Lipinski definition) is 3. The monoisotopic (exact) mass is 535 g/mol. The number of benzene rings is 1. The van der Waals surface area contributed by atoms with Crippen molar-refractivity contribution >= 4 is 11.9 Å². The largest absolute Gasteiger partial charge is 0.427 e. The first-order chi connectivity index (χ1) is 18.8. The van der Waals surface area contributed by atoms with Gasteiger partial charge in [-0.2, -0.15) is 0 Å². The van der Waals surface area contributed by atoms with E-state index < -0.39 is 0 Å². The highest BCUT2D eigenvalue weighted by molar-refractivity contribution is 5.80.